The van der Waals surface area contributed by atoms with E-state index in [4.69, 9.17) is 16.3 Å². The Balaban J connectivity index is 1.67. The van der Waals surface area contributed by atoms with Crippen LogP contribution >= 0.6 is 11.6 Å². The van der Waals surface area contributed by atoms with Crippen LogP contribution in [0.1, 0.15) is 148 Å². The van der Waals surface area contributed by atoms with Crippen molar-refractivity contribution >= 4 is 38.9 Å². The third kappa shape index (κ3) is 14.4. The Morgan fingerprint density at radius 3 is 2.08 bits per heavy atom. The number of unbranched alkanes of at least 4 members (excludes halogenated alkanes) is 9. The maximum Gasteiger partial charge on any atom is 0.258 e. The minimum atomic E-state index is -3.42. The van der Waals surface area contributed by atoms with Gasteiger partial charge >= 0.3 is 0 Å². The molecule has 2 atom stereocenters. The molecule has 3 aromatic rings. The summed E-state index contributed by atoms with van der Waals surface area (Å²) in [5.41, 5.74) is 2.48. The zero-order chi connectivity index (χ0) is 38.5. The Kier molecular flexibility index (Phi) is 16.5. The SMILES string of the molecule is CCCCCCCCCCCCC(NC(=O)C(CCS(C)(=O)=O)NC(=O)COc1ccc(C(C)(C)CC(C)(C)C)cc1)c1nnc2c(Cl)c(C)[nH]n12. The molecule has 0 fully saturated rings. The number of ether oxygens (including phenoxy) is 1. The lowest BCUT2D eigenvalue weighted by Crippen LogP contribution is -2.49. The number of amides is 2. The van der Waals surface area contributed by atoms with Crippen molar-refractivity contribution in [2.75, 3.05) is 18.6 Å². The second kappa shape index (κ2) is 19.8. The summed E-state index contributed by atoms with van der Waals surface area (Å²) >= 11 is 6.44. The van der Waals surface area contributed by atoms with Crippen LogP contribution in [0.15, 0.2) is 24.3 Å². The monoisotopic (exact) mass is 762 g/mol. The van der Waals surface area contributed by atoms with Gasteiger partial charge < -0.3 is 15.4 Å². The van der Waals surface area contributed by atoms with Gasteiger partial charge in [-0.1, -0.05) is 129 Å². The zero-order valence-electron chi connectivity index (χ0n) is 32.7. The van der Waals surface area contributed by atoms with Crippen LogP contribution in [0.3, 0.4) is 0 Å². The maximum atomic E-state index is 13.8. The van der Waals surface area contributed by atoms with Crippen molar-refractivity contribution in [1.82, 2.24) is 30.4 Å². The van der Waals surface area contributed by atoms with Gasteiger partial charge in [0.2, 0.25) is 5.91 Å². The molecule has 0 aliphatic rings. The molecular weight excluding hydrogens is 700 g/mol. The number of fused-ring (bicyclic) bond motifs is 1. The number of hydrogen-bond acceptors (Lipinski definition) is 7. The van der Waals surface area contributed by atoms with E-state index in [2.05, 4.69) is 67.5 Å². The normalized spacial score (nSPS) is 13.6. The second-order valence-corrected chi connectivity index (χ2v) is 18.9. The van der Waals surface area contributed by atoms with E-state index in [1.54, 1.807) is 4.52 Å². The van der Waals surface area contributed by atoms with Crippen LogP contribution in [0.2, 0.25) is 5.02 Å². The molecule has 0 saturated carbocycles. The predicted molar refractivity (Wildman–Crippen MR) is 210 cm³/mol. The van der Waals surface area contributed by atoms with E-state index >= 15 is 0 Å². The summed E-state index contributed by atoms with van der Waals surface area (Å²) in [6, 6.07) is 6.03. The predicted octanol–water partition coefficient (Wildman–Crippen LogP) is 8.20. The molecule has 292 valence electrons. The van der Waals surface area contributed by atoms with Crippen LogP contribution in [-0.2, 0) is 24.8 Å². The molecule has 1 aromatic carbocycles. The summed E-state index contributed by atoms with van der Waals surface area (Å²) in [6.07, 6.45) is 14.3. The number of hydrogen-bond donors (Lipinski definition) is 3. The van der Waals surface area contributed by atoms with Gasteiger partial charge in [0, 0.05) is 6.26 Å². The highest BCUT2D eigenvalue weighted by Crippen LogP contribution is 2.36. The largest absolute Gasteiger partial charge is 0.484 e. The lowest BCUT2D eigenvalue weighted by molar-refractivity contribution is -0.130. The first-order valence-corrected chi connectivity index (χ1v) is 21.4. The van der Waals surface area contributed by atoms with E-state index in [-0.39, 0.29) is 29.6 Å². The Bertz CT molecular complexity index is 1680. The van der Waals surface area contributed by atoms with Gasteiger partial charge in [0.1, 0.15) is 26.7 Å². The molecule has 0 radical (unpaired) electrons. The number of nitrogens with zero attached hydrogens (tertiary/aromatic N) is 3. The fraction of sp³-hybridized carbons (Fsp3) is 0.692. The van der Waals surface area contributed by atoms with Gasteiger partial charge in [0.15, 0.2) is 18.1 Å². The molecule has 0 aliphatic heterocycles. The molecule has 3 N–H and O–H groups in total. The highest BCUT2D eigenvalue weighted by molar-refractivity contribution is 7.90. The summed E-state index contributed by atoms with van der Waals surface area (Å²) in [5.74, 6) is -0.309. The summed E-state index contributed by atoms with van der Waals surface area (Å²) in [4.78, 5) is 27.0. The zero-order valence-corrected chi connectivity index (χ0v) is 34.3. The molecule has 3 rings (SSSR count). The maximum absolute atomic E-state index is 13.8. The van der Waals surface area contributed by atoms with Gasteiger partial charge in [-0.2, -0.15) is 0 Å². The Labute approximate surface area is 316 Å². The van der Waals surface area contributed by atoms with Crippen molar-refractivity contribution in [3.05, 3.63) is 46.4 Å². The van der Waals surface area contributed by atoms with Gasteiger partial charge in [-0.25, -0.2) is 12.9 Å². The van der Waals surface area contributed by atoms with Crippen LogP contribution in [-0.4, -0.2) is 64.7 Å². The van der Waals surface area contributed by atoms with Crippen molar-refractivity contribution in [2.45, 2.75) is 149 Å². The molecule has 13 heteroatoms. The highest BCUT2D eigenvalue weighted by Gasteiger charge is 2.29. The molecule has 2 heterocycles. The second-order valence-electron chi connectivity index (χ2n) is 16.3. The molecule has 2 aromatic heterocycles. The highest BCUT2D eigenvalue weighted by atomic mass is 35.5. The van der Waals surface area contributed by atoms with Crippen molar-refractivity contribution in [3.63, 3.8) is 0 Å². The van der Waals surface area contributed by atoms with Crippen molar-refractivity contribution in [3.8, 4) is 5.75 Å². The van der Waals surface area contributed by atoms with Gasteiger partial charge in [0.25, 0.3) is 5.91 Å². The van der Waals surface area contributed by atoms with Crippen LogP contribution in [0.25, 0.3) is 5.65 Å². The van der Waals surface area contributed by atoms with E-state index in [0.29, 0.717) is 28.7 Å². The summed E-state index contributed by atoms with van der Waals surface area (Å²) in [7, 11) is -3.42. The third-order valence-corrected chi connectivity index (χ3v) is 10.8. The first-order valence-electron chi connectivity index (χ1n) is 19.0. The minimum absolute atomic E-state index is 0.0377. The number of aromatic amines is 1. The first-order chi connectivity index (χ1) is 24.4. The fourth-order valence-electron chi connectivity index (χ4n) is 6.95. The fourth-order valence-corrected chi connectivity index (χ4v) is 7.78. The summed E-state index contributed by atoms with van der Waals surface area (Å²) in [5, 5.41) is 18.0. The van der Waals surface area contributed by atoms with E-state index in [1.807, 2.05) is 31.2 Å². The molecular formula is C39H63ClN6O5S. The standard InChI is InChI=1S/C39H63ClN6O5S/c1-9-10-11-12-13-14-15-16-17-18-19-31(35-43-44-36-34(40)28(2)45-46(35)36)42-37(48)32(24-25-52(8,49)50)41-33(47)26-51-30-22-20-29(21-23-30)39(6,7)27-38(3,4)5/h20-23,31-32,45H,9-19,24-27H2,1-8H3,(H,41,47)(H,42,48). The molecule has 11 nitrogen and oxygen atoms in total. The van der Waals surface area contributed by atoms with E-state index < -0.39 is 33.7 Å². The number of carbonyl (C=O) groups is 2. The van der Waals surface area contributed by atoms with Crippen LogP contribution in [0.4, 0.5) is 0 Å². The number of halogens is 1. The van der Waals surface area contributed by atoms with Crippen molar-refractivity contribution < 1.29 is 22.7 Å². The smallest absolute Gasteiger partial charge is 0.258 e. The van der Waals surface area contributed by atoms with Crippen LogP contribution < -0.4 is 15.4 Å². The molecule has 52 heavy (non-hydrogen) atoms. The Morgan fingerprint density at radius 2 is 1.50 bits per heavy atom. The van der Waals surface area contributed by atoms with Crippen LogP contribution in [0.5, 0.6) is 5.75 Å². The van der Waals surface area contributed by atoms with Gasteiger partial charge in [-0.3, -0.25) is 14.7 Å². The Hall–Kier alpha value is -3.12. The van der Waals surface area contributed by atoms with Gasteiger partial charge in [0.05, 0.1) is 17.5 Å². The number of carbonyl (C=O) groups excluding carboxylic acids is 2. The molecule has 2 amide bonds. The molecule has 0 bridgehead atoms. The number of aromatic nitrogens is 4. The number of nitrogens with one attached hydrogen (secondary N) is 3. The first kappa shape index (κ1) is 43.3. The molecule has 2 unspecified atom stereocenters. The van der Waals surface area contributed by atoms with Crippen LogP contribution in [0, 0.1) is 12.3 Å². The third-order valence-electron chi connectivity index (χ3n) is 9.37. The lowest BCUT2D eigenvalue weighted by Gasteiger charge is -2.33. The number of sulfone groups is 1. The van der Waals surface area contributed by atoms with E-state index in [1.165, 1.54) is 50.5 Å². The lowest BCUT2D eigenvalue weighted by atomic mass is 9.72. The summed E-state index contributed by atoms with van der Waals surface area (Å²) in [6.45, 7) is 14.8. The molecule has 0 saturated heterocycles. The minimum Gasteiger partial charge on any atom is -0.484 e. The molecule has 0 aliphatic carbocycles. The van der Waals surface area contributed by atoms with Gasteiger partial charge in [-0.15, -0.1) is 10.2 Å². The average molecular weight is 763 g/mol. The average Bonchev–Trinajstić information content (AvgIpc) is 3.59. The van der Waals surface area contributed by atoms with Gasteiger partial charge in [-0.05, 0) is 54.7 Å². The Morgan fingerprint density at radius 1 is 0.904 bits per heavy atom. The van der Waals surface area contributed by atoms with E-state index in [0.717, 1.165) is 37.6 Å². The number of benzene rings is 1. The number of H-pyrrole nitrogens is 1. The van der Waals surface area contributed by atoms with E-state index in [9.17, 15) is 18.0 Å². The quantitative estimate of drug-likeness (QED) is 0.0826. The number of rotatable bonds is 23. The molecule has 0 spiro atoms. The van der Waals surface area contributed by atoms with Crippen molar-refractivity contribution in [2.24, 2.45) is 5.41 Å². The topological polar surface area (TPSA) is 148 Å². The summed E-state index contributed by atoms with van der Waals surface area (Å²) < 4.78 is 31.7. The van der Waals surface area contributed by atoms with Crippen molar-refractivity contribution in [1.29, 1.82) is 0 Å². The number of aryl methyl sites for hydroxylation is 1.